The first-order valence-electron chi connectivity index (χ1n) is 8.42. The highest BCUT2D eigenvalue weighted by Gasteiger charge is 2.22. The van der Waals surface area contributed by atoms with E-state index in [0.29, 0.717) is 28.7 Å². The van der Waals surface area contributed by atoms with Crippen LogP contribution in [0.2, 0.25) is 0 Å². The van der Waals surface area contributed by atoms with Gasteiger partial charge >= 0.3 is 0 Å². The molecule has 1 amide bonds. The molecule has 3 aromatic rings. The minimum absolute atomic E-state index is 0.00271. The molecule has 140 valence electrons. The largest absolute Gasteiger partial charge is 0.508 e. The first-order chi connectivity index (χ1) is 12.8. The quantitative estimate of drug-likeness (QED) is 0.738. The van der Waals surface area contributed by atoms with E-state index in [0.717, 1.165) is 12.1 Å². The van der Waals surface area contributed by atoms with Crippen LogP contribution >= 0.6 is 0 Å². The number of aromatic hydroxyl groups is 1. The Bertz CT molecular complexity index is 1060. The van der Waals surface area contributed by atoms with Gasteiger partial charge in [0.25, 0.3) is 5.91 Å². The maximum absolute atomic E-state index is 13.6. The van der Waals surface area contributed by atoms with Gasteiger partial charge in [0.1, 0.15) is 5.75 Å². The summed E-state index contributed by atoms with van der Waals surface area (Å²) in [4.78, 5) is 25.0. The number of amides is 1. The summed E-state index contributed by atoms with van der Waals surface area (Å²) in [6, 6.07) is 7.39. The fraction of sp³-hybridized carbons (Fsp3) is 0.200. The van der Waals surface area contributed by atoms with Crippen molar-refractivity contribution in [3.8, 4) is 5.75 Å². The van der Waals surface area contributed by atoms with E-state index >= 15 is 0 Å². The molecule has 1 heterocycles. The summed E-state index contributed by atoms with van der Waals surface area (Å²) >= 11 is 0. The maximum atomic E-state index is 13.6. The summed E-state index contributed by atoms with van der Waals surface area (Å²) < 4.78 is 28.1. The summed E-state index contributed by atoms with van der Waals surface area (Å²) in [5, 5.41) is 13.1. The van der Waals surface area contributed by atoms with Crippen LogP contribution < -0.4 is 5.32 Å². The van der Waals surface area contributed by atoms with Gasteiger partial charge in [-0.25, -0.2) is 8.78 Å². The number of rotatable bonds is 4. The Morgan fingerprint density at radius 1 is 1.11 bits per heavy atom. The number of likely N-dealkylation sites (N-methyl/N-ethyl adjacent to an activating group) is 1. The highest BCUT2D eigenvalue weighted by Crippen LogP contribution is 2.30. The molecule has 5 nitrogen and oxygen atoms in total. The standard InChI is InChI=1S/C20H18F2N2O3/c1-3-23-19(26)10-14-11(2)24(18-7-5-13(25)9-15(14)18)20(27)12-4-6-16(21)17(22)8-12/h4-9,25H,3,10H2,1-2H3,(H,23,26). The molecule has 2 N–H and O–H groups in total. The Hall–Kier alpha value is -3.22. The zero-order valence-electron chi connectivity index (χ0n) is 14.8. The molecular formula is C20H18F2N2O3. The number of carbonyl (C=O) groups is 2. The van der Waals surface area contributed by atoms with E-state index in [1.807, 2.05) is 0 Å². The first-order valence-corrected chi connectivity index (χ1v) is 8.42. The average Bonchev–Trinajstić information content (AvgIpc) is 2.88. The Labute approximate surface area is 154 Å². The third-order valence-electron chi connectivity index (χ3n) is 4.40. The molecule has 0 aliphatic carbocycles. The lowest BCUT2D eigenvalue weighted by Crippen LogP contribution is -2.24. The molecule has 0 aliphatic heterocycles. The predicted octanol–water partition coefficient (Wildman–Crippen LogP) is 3.30. The van der Waals surface area contributed by atoms with Gasteiger partial charge in [0.05, 0.1) is 11.9 Å². The van der Waals surface area contributed by atoms with Crippen LogP contribution in [0.4, 0.5) is 8.78 Å². The lowest BCUT2D eigenvalue weighted by molar-refractivity contribution is -0.120. The minimum Gasteiger partial charge on any atom is -0.508 e. The average molecular weight is 372 g/mol. The molecule has 7 heteroatoms. The zero-order valence-corrected chi connectivity index (χ0v) is 14.8. The molecule has 0 spiro atoms. The molecule has 2 aromatic carbocycles. The van der Waals surface area contributed by atoms with Crippen molar-refractivity contribution >= 4 is 22.7 Å². The lowest BCUT2D eigenvalue weighted by atomic mass is 10.1. The summed E-state index contributed by atoms with van der Waals surface area (Å²) in [5.41, 5.74) is 1.53. The van der Waals surface area contributed by atoms with E-state index < -0.39 is 17.5 Å². The number of halogens is 2. The summed E-state index contributed by atoms with van der Waals surface area (Å²) in [7, 11) is 0. The van der Waals surface area contributed by atoms with Gasteiger partial charge in [0.2, 0.25) is 5.91 Å². The fourth-order valence-electron chi connectivity index (χ4n) is 3.13. The van der Waals surface area contributed by atoms with Gasteiger partial charge in [-0.15, -0.1) is 0 Å². The summed E-state index contributed by atoms with van der Waals surface area (Å²) in [6.45, 7) is 3.94. The molecule has 1 aromatic heterocycles. The molecule has 27 heavy (non-hydrogen) atoms. The van der Waals surface area contributed by atoms with Crippen molar-refractivity contribution in [3.05, 3.63) is 64.9 Å². The molecule has 0 radical (unpaired) electrons. The number of nitrogens with zero attached hydrogens (tertiary/aromatic N) is 1. The molecule has 3 rings (SSSR count). The normalized spacial score (nSPS) is 11.0. The highest BCUT2D eigenvalue weighted by molar-refractivity contribution is 6.05. The van der Waals surface area contributed by atoms with Gasteiger partial charge in [-0.1, -0.05) is 0 Å². The molecule has 0 bridgehead atoms. The van der Waals surface area contributed by atoms with Crippen LogP contribution in [-0.4, -0.2) is 28.0 Å². The van der Waals surface area contributed by atoms with Crippen molar-refractivity contribution in [2.75, 3.05) is 6.54 Å². The number of phenols is 1. The SMILES string of the molecule is CCNC(=O)Cc1c(C)n(C(=O)c2ccc(F)c(F)c2)c2ccc(O)cc12. The number of phenolic OH excluding ortho intramolecular Hbond substituents is 1. The summed E-state index contributed by atoms with van der Waals surface area (Å²) in [5.74, 6) is -2.93. The number of hydrogen-bond acceptors (Lipinski definition) is 3. The van der Waals surface area contributed by atoms with Crippen LogP contribution in [0.1, 0.15) is 28.5 Å². The van der Waals surface area contributed by atoms with Gasteiger partial charge < -0.3 is 10.4 Å². The van der Waals surface area contributed by atoms with Crippen LogP contribution in [0, 0.1) is 18.6 Å². The molecule has 0 unspecified atom stereocenters. The second kappa shape index (κ2) is 7.19. The Balaban J connectivity index is 2.17. The van der Waals surface area contributed by atoms with Crippen molar-refractivity contribution in [1.82, 2.24) is 9.88 Å². The van der Waals surface area contributed by atoms with Crippen LogP contribution in [-0.2, 0) is 11.2 Å². The third kappa shape index (κ3) is 3.40. The highest BCUT2D eigenvalue weighted by atomic mass is 19.2. The smallest absolute Gasteiger partial charge is 0.262 e. The van der Waals surface area contributed by atoms with E-state index in [-0.39, 0.29) is 23.6 Å². The van der Waals surface area contributed by atoms with Gasteiger partial charge in [-0.05, 0) is 55.8 Å². The van der Waals surface area contributed by atoms with Crippen molar-refractivity contribution < 1.29 is 23.5 Å². The van der Waals surface area contributed by atoms with Crippen LogP contribution in [0.25, 0.3) is 10.9 Å². The van der Waals surface area contributed by atoms with Crippen molar-refractivity contribution in [3.63, 3.8) is 0 Å². The topological polar surface area (TPSA) is 71.3 Å². The Morgan fingerprint density at radius 3 is 2.52 bits per heavy atom. The van der Waals surface area contributed by atoms with Crippen LogP contribution in [0.5, 0.6) is 5.75 Å². The van der Waals surface area contributed by atoms with E-state index in [1.165, 1.54) is 22.8 Å². The number of benzene rings is 2. The van der Waals surface area contributed by atoms with Gasteiger partial charge in [-0.2, -0.15) is 0 Å². The molecular weight excluding hydrogens is 354 g/mol. The molecule has 0 saturated carbocycles. The number of aromatic nitrogens is 1. The second-order valence-corrected chi connectivity index (χ2v) is 6.17. The van der Waals surface area contributed by atoms with Crippen molar-refractivity contribution in [1.29, 1.82) is 0 Å². The van der Waals surface area contributed by atoms with Crippen molar-refractivity contribution in [2.24, 2.45) is 0 Å². The third-order valence-corrected chi connectivity index (χ3v) is 4.40. The lowest BCUT2D eigenvalue weighted by Gasteiger charge is -2.08. The van der Waals surface area contributed by atoms with Gasteiger partial charge in [0.15, 0.2) is 11.6 Å². The predicted molar refractivity (Wildman–Crippen MR) is 96.8 cm³/mol. The minimum atomic E-state index is -1.12. The number of nitrogens with one attached hydrogen (secondary N) is 1. The van der Waals surface area contributed by atoms with E-state index in [1.54, 1.807) is 19.9 Å². The Morgan fingerprint density at radius 2 is 1.85 bits per heavy atom. The van der Waals surface area contributed by atoms with Crippen LogP contribution in [0.15, 0.2) is 36.4 Å². The maximum Gasteiger partial charge on any atom is 0.262 e. The number of fused-ring (bicyclic) bond motifs is 1. The van der Waals surface area contributed by atoms with Crippen LogP contribution in [0.3, 0.4) is 0 Å². The molecule has 0 saturated heterocycles. The monoisotopic (exact) mass is 372 g/mol. The Kier molecular flexibility index (Phi) is 4.94. The van der Waals surface area contributed by atoms with Gasteiger partial charge in [0, 0.05) is 23.2 Å². The molecule has 0 atom stereocenters. The second-order valence-electron chi connectivity index (χ2n) is 6.17. The molecule has 0 aliphatic rings. The van der Waals surface area contributed by atoms with E-state index in [4.69, 9.17) is 0 Å². The van der Waals surface area contributed by atoms with E-state index in [9.17, 15) is 23.5 Å². The summed E-state index contributed by atoms with van der Waals surface area (Å²) in [6.07, 6.45) is 0.0255. The van der Waals surface area contributed by atoms with Crippen molar-refractivity contribution in [2.45, 2.75) is 20.3 Å². The molecule has 0 fully saturated rings. The first kappa shape index (κ1) is 18.6. The number of hydrogen-bond donors (Lipinski definition) is 2. The van der Waals surface area contributed by atoms with E-state index in [2.05, 4.69) is 5.32 Å². The van der Waals surface area contributed by atoms with Gasteiger partial charge in [-0.3, -0.25) is 14.2 Å². The number of carbonyl (C=O) groups excluding carboxylic acids is 2. The fourth-order valence-corrected chi connectivity index (χ4v) is 3.13. The zero-order chi connectivity index (χ0) is 19.7.